The molecule has 3 rings (SSSR count). The average Bonchev–Trinajstić information content (AvgIpc) is 3.09. The topological polar surface area (TPSA) is 35.5 Å². The molecule has 0 saturated carbocycles. The van der Waals surface area contributed by atoms with Gasteiger partial charge in [0.25, 0.3) is 0 Å². The average molecular weight is 310 g/mol. The number of hydrogen-bond acceptors (Lipinski definition) is 3. The molecule has 2 atom stereocenters. The second kappa shape index (κ2) is 7.62. The van der Waals surface area contributed by atoms with Crippen LogP contribution in [0.25, 0.3) is 0 Å². The monoisotopic (exact) mass is 310 g/mol. The van der Waals surface area contributed by atoms with E-state index in [0.29, 0.717) is 12.0 Å². The standard InChI is InChI=1S/C20H26N2O/c1-16(19-7-5-6-17(12-19)15-23)21-13-18-10-11-22(14-18)20-8-3-2-4-9-20/h2-9,12,16,18,21,23H,10-11,13-15H2,1H3. The number of aliphatic hydroxyl groups excluding tert-OH is 1. The molecule has 0 spiro atoms. The van der Waals surface area contributed by atoms with E-state index >= 15 is 0 Å². The first-order chi connectivity index (χ1) is 11.3. The van der Waals surface area contributed by atoms with E-state index in [2.05, 4.69) is 59.6 Å². The molecule has 0 aromatic heterocycles. The maximum atomic E-state index is 9.26. The van der Waals surface area contributed by atoms with Crippen molar-refractivity contribution >= 4 is 5.69 Å². The van der Waals surface area contributed by atoms with Crippen molar-refractivity contribution in [1.82, 2.24) is 5.32 Å². The van der Waals surface area contributed by atoms with E-state index in [1.54, 1.807) is 0 Å². The molecule has 3 nitrogen and oxygen atoms in total. The Bertz CT molecular complexity index is 614. The van der Waals surface area contributed by atoms with Gasteiger partial charge in [-0.1, -0.05) is 42.5 Å². The smallest absolute Gasteiger partial charge is 0.0681 e. The number of benzene rings is 2. The summed E-state index contributed by atoms with van der Waals surface area (Å²) in [6.45, 7) is 5.61. The van der Waals surface area contributed by atoms with Gasteiger partial charge >= 0.3 is 0 Å². The third kappa shape index (κ3) is 4.12. The Morgan fingerprint density at radius 1 is 1.17 bits per heavy atom. The van der Waals surface area contributed by atoms with Crippen LogP contribution in [0.15, 0.2) is 54.6 Å². The van der Waals surface area contributed by atoms with E-state index in [1.165, 1.54) is 17.7 Å². The predicted octanol–water partition coefficient (Wildman–Crippen LogP) is 3.36. The molecule has 0 amide bonds. The van der Waals surface area contributed by atoms with Crippen LogP contribution in [-0.2, 0) is 6.61 Å². The summed E-state index contributed by atoms with van der Waals surface area (Å²) < 4.78 is 0. The second-order valence-electron chi connectivity index (χ2n) is 6.47. The van der Waals surface area contributed by atoms with Crippen molar-refractivity contribution in [3.63, 3.8) is 0 Å². The molecule has 1 aliphatic heterocycles. The lowest BCUT2D eigenvalue weighted by Gasteiger charge is -2.20. The maximum Gasteiger partial charge on any atom is 0.0681 e. The summed E-state index contributed by atoms with van der Waals surface area (Å²) in [6.07, 6.45) is 1.24. The number of anilines is 1. The second-order valence-corrected chi connectivity index (χ2v) is 6.47. The van der Waals surface area contributed by atoms with Crippen LogP contribution in [0.5, 0.6) is 0 Å². The fraction of sp³-hybridized carbons (Fsp3) is 0.400. The minimum absolute atomic E-state index is 0.106. The Labute approximate surface area is 139 Å². The van der Waals surface area contributed by atoms with Gasteiger partial charge in [0.1, 0.15) is 0 Å². The van der Waals surface area contributed by atoms with Crippen molar-refractivity contribution < 1.29 is 5.11 Å². The zero-order valence-corrected chi connectivity index (χ0v) is 13.8. The molecule has 0 aliphatic carbocycles. The number of rotatable bonds is 6. The van der Waals surface area contributed by atoms with Crippen molar-refractivity contribution in [2.75, 3.05) is 24.5 Å². The van der Waals surface area contributed by atoms with Gasteiger partial charge in [0.15, 0.2) is 0 Å². The first-order valence-corrected chi connectivity index (χ1v) is 8.49. The van der Waals surface area contributed by atoms with Crippen molar-refractivity contribution in [2.45, 2.75) is 26.0 Å². The van der Waals surface area contributed by atoms with Crippen LogP contribution in [0.1, 0.15) is 30.5 Å². The third-order valence-electron chi connectivity index (χ3n) is 4.75. The van der Waals surface area contributed by atoms with Crippen LogP contribution in [0.3, 0.4) is 0 Å². The Morgan fingerprint density at radius 3 is 2.78 bits per heavy atom. The van der Waals surface area contributed by atoms with Gasteiger partial charge < -0.3 is 15.3 Å². The predicted molar refractivity (Wildman–Crippen MR) is 95.5 cm³/mol. The lowest BCUT2D eigenvalue weighted by molar-refractivity contribution is 0.281. The van der Waals surface area contributed by atoms with Crippen LogP contribution < -0.4 is 10.2 Å². The SMILES string of the molecule is CC(NCC1CCN(c2ccccc2)C1)c1cccc(CO)c1. The molecule has 1 heterocycles. The van der Waals surface area contributed by atoms with Gasteiger partial charge in [0, 0.05) is 31.4 Å². The fourth-order valence-electron chi connectivity index (χ4n) is 3.29. The Hall–Kier alpha value is -1.84. The molecule has 3 heteroatoms. The molecule has 1 fully saturated rings. The molecule has 2 aromatic rings. The number of nitrogens with one attached hydrogen (secondary N) is 1. The first-order valence-electron chi connectivity index (χ1n) is 8.49. The van der Waals surface area contributed by atoms with Gasteiger partial charge in [-0.05, 0) is 42.5 Å². The lowest BCUT2D eigenvalue weighted by Crippen LogP contribution is -2.28. The number of aliphatic hydroxyl groups is 1. The van der Waals surface area contributed by atoms with Crippen molar-refractivity contribution in [3.05, 3.63) is 65.7 Å². The third-order valence-corrected chi connectivity index (χ3v) is 4.75. The van der Waals surface area contributed by atoms with Crippen molar-refractivity contribution in [1.29, 1.82) is 0 Å². The molecule has 2 aromatic carbocycles. The van der Waals surface area contributed by atoms with Crippen molar-refractivity contribution in [3.8, 4) is 0 Å². The summed E-state index contributed by atoms with van der Waals surface area (Å²) in [6, 6.07) is 19.2. The van der Waals surface area contributed by atoms with E-state index in [1.807, 2.05) is 12.1 Å². The highest BCUT2D eigenvalue weighted by Gasteiger charge is 2.22. The highest BCUT2D eigenvalue weighted by molar-refractivity contribution is 5.46. The number of para-hydroxylation sites is 1. The van der Waals surface area contributed by atoms with E-state index in [4.69, 9.17) is 0 Å². The van der Waals surface area contributed by atoms with Crippen LogP contribution in [0, 0.1) is 5.92 Å². The van der Waals surface area contributed by atoms with E-state index < -0.39 is 0 Å². The first kappa shape index (κ1) is 16.0. The van der Waals surface area contributed by atoms with E-state index in [0.717, 1.165) is 25.2 Å². The molecule has 122 valence electrons. The molecule has 0 radical (unpaired) electrons. The molecule has 1 aliphatic rings. The zero-order valence-electron chi connectivity index (χ0n) is 13.8. The van der Waals surface area contributed by atoms with Gasteiger partial charge in [-0.2, -0.15) is 0 Å². The lowest BCUT2D eigenvalue weighted by atomic mass is 10.0. The Balaban J connectivity index is 1.51. The molecule has 0 bridgehead atoms. The summed E-state index contributed by atoms with van der Waals surface area (Å²) in [5.41, 5.74) is 3.56. The largest absolute Gasteiger partial charge is 0.392 e. The van der Waals surface area contributed by atoms with Gasteiger partial charge in [0.05, 0.1) is 6.61 Å². The minimum Gasteiger partial charge on any atom is -0.392 e. The van der Waals surface area contributed by atoms with Gasteiger partial charge in [-0.15, -0.1) is 0 Å². The zero-order chi connectivity index (χ0) is 16.1. The van der Waals surface area contributed by atoms with E-state index in [9.17, 15) is 5.11 Å². The molecule has 2 N–H and O–H groups in total. The summed E-state index contributed by atoms with van der Waals surface area (Å²) in [5, 5.41) is 12.9. The Morgan fingerprint density at radius 2 is 2.00 bits per heavy atom. The molecule has 23 heavy (non-hydrogen) atoms. The molecule has 1 saturated heterocycles. The van der Waals surface area contributed by atoms with Crippen LogP contribution in [0.4, 0.5) is 5.69 Å². The van der Waals surface area contributed by atoms with Gasteiger partial charge in [0.2, 0.25) is 0 Å². The van der Waals surface area contributed by atoms with Gasteiger partial charge in [-0.25, -0.2) is 0 Å². The highest BCUT2D eigenvalue weighted by Crippen LogP contribution is 2.24. The number of nitrogens with zero attached hydrogens (tertiary/aromatic N) is 1. The normalized spacial score (nSPS) is 19.0. The number of hydrogen-bond donors (Lipinski definition) is 2. The van der Waals surface area contributed by atoms with Crippen LogP contribution in [0.2, 0.25) is 0 Å². The minimum atomic E-state index is 0.106. The highest BCUT2D eigenvalue weighted by atomic mass is 16.3. The van der Waals surface area contributed by atoms with Gasteiger partial charge in [-0.3, -0.25) is 0 Å². The van der Waals surface area contributed by atoms with Crippen LogP contribution in [-0.4, -0.2) is 24.7 Å². The van der Waals surface area contributed by atoms with E-state index in [-0.39, 0.29) is 6.61 Å². The fourth-order valence-corrected chi connectivity index (χ4v) is 3.29. The van der Waals surface area contributed by atoms with Crippen molar-refractivity contribution in [2.24, 2.45) is 5.92 Å². The maximum absolute atomic E-state index is 9.26. The summed E-state index contributed by atoms with van der Waals surface area (Å²) in [7, 11) is 0. The van der Waals surface area contributed by atoms with Crippen LogP contribution >= 0.6 is 0 Å². The molecular weight excluding hydrogens is 284 g/mol. The summed E-state index contributed by atoms with van der Waals surface area (Å²) >= 11 is 0. The quantitative estimate of drug-likeness (QED) is 0.859. The summed E-state index contributed by atoms with van der Waals surface area (Å²) in [4.78, 5) is 2.48. The Kier molecular flexibility index (Phi) is 5.31. The summed E-state index contributed by atoms with van der Waals surface area (Å²) in [5.74, 6) is 0.693. The molecule has 2 unspecified atom stereocenters. The molecular formula is C20H26N2O.